The van der Waals surface area contributed by atoms with Crippen LogP contribution >= 0.6 is 0 Å². The summed E-state index contributed by atoms with van der Waals surface area (Å²) in [5, 5.41) is 6.72. The molecule has 0 amide bonds. The third-order valence-corrected chi connectivity index (χ3v) is 2.19. The molecular formula is C8H7F3N6. The second kappa shape index (κ2) is 4.02. The molecule has 0 aliphatic heterocycles. The summed E-state index contributed by atoms with van der Waals surface area (Å²) in [5.74, 6) is 0. The van der Waals surface area contributed by atoms with Gasteiger partial charge in [-0.2, -0.15) is 18.3 Å². The van der Waals surface area contributed by atoms with Gasteiger partial charge in [0.25, 0.3) is 0 Å². The maximum absolute atomic E-state index is 12.4. The Bertz CT molecular complexity index is 574. The van der Waals surface area contributed by atoms with E-state index in [1.165, 1.54) is 10.8 Å². The Hall–Kier alpha value is -2.15. The van der Waals surface area contributed by atoms with E-state index in [0.29, 0.717) is 12.2 Å². The SMILES string of the molecule is [N-]=[N+]=NCCn1ccn2nc(C(F)(F)F)cc12. The van der Waals surface area contributed by atoms with Crippen molar-refractivity contribution < 1.29 is 13.2 Å². The van der Waals surface area contributed by atoms with Gasteiger partial charge in [-0.3, -0.25) is 0 Å². The van der Waals surface area contributed by atoms with Gasteiger partial charge in [0.2, 0.25) is 0 Å². The van der Waals surface area contributed by atoms with Crippen LogP contribution in [0.3, 0.4) is 0 Å². The van der Waals surface area contributed by atoms with Crippen LogP contribution in [0.1, 0.15) is 5.69 Å². The summed E-state index contributed by atoms with van der Waals surface area (Å²) < 4.78 is 39.8. The largest absolute Gasteiger partial charge is 0.435 e. The predicted molar refractivity (Wildman–Crippen MR) is 52.2 cm³/mol. The summed E-state index contributed by atoms with van der Waals surface area (Å²) in [5.41, 5.74) is 7.47. The van der Waals surface area contributed by atoms with Gasteiger partial charge in [0.1, 0.15) is 5.65 Å². The predicted octanol–water partition coefficient (Wildman–Crippen LogP) is 2.46. The highest BCUT2D eigenvalue weighted by Crippen LogP contribution is 2.28. The van der Waals surface area contributed by atoms with Crippen LogP contribution in [0.15, 0.2) is 23.6 Å². The minimum Gasteiger partial charge on any atom is -0.331 e. The van der Waals surface area contributed by atoms with Gasteiger partial charge in [-0.1, -0.05) is 5.11 Å². The molecule has 2 aromatic heterocycles. The minimum absolute atomic E-state index is 0.174. The molecule has 0 spiro atoms. The van der Waals surface area contributed by atoms with E-state index in [1.54, 1.807) is 6.20 Å². The van der Waals surface area contributed by atoms with Gasteiger partial charge >= 0.3 is 6.18 Å². The smallest absolute Gasteiger partial charge is 0.331 e. The first-order chi connectivity index (χ1) is 8.02. The van der Waals surface area contributed by atoms with E-state index in [1.807, 2.05) is 0 Å². The highest BCUT2D eigenvalue weighted by atomic mass is 19.4. The normalized spacial score (nSPS) is 11.7. The second-order valence-electron chi connectivity index (χ2n) is 3.28. The lowest BCUT2D eigenvalue weighted by molar-refractivity contribution is -0.141. The fourth-order valence-electron chi connectivity index (χ4n) is 1.45. The van der Waals surface area contributed by atoms with Gasteiger partial charge in [-0.05, 0) is 5.53 Å². The maximum atomic E-state index is 12.4. The Morgan fingerprint density at radius 3 is 2.82 bits per heavy atom. The van der Waals surface area contributed by atoms with E-state index in [2.05, 4.69) is 15.1 Å². The molecule has 2 rings (SSSR count). The van der Waals surface area contributed by atoms with Crippen molar-refractivity contribution in [2.75, 3.05) is 6.54 Å². The van der Waals surface area contributed by atoms with Crippen LogP contribution in [0.4, 0.5) is 13.2 Å². The van der Waals surface area contributed by atoms with E-state index in [4.69, 9.17) is 5.53 Å². The number of azide groups is 1. The zero-order valence-electron chi connectivity index (χ0n) is 8.46. The maximum Gasteiger partial charge on any atom is 0.435 e. The quantitative estimate of drug-likeness (QED) is 0.464. The summed E-state index contributed by atoms with van der Waals surface area (Å²) in [4.78, 5) is 2.57. The van der Waals surface area contributed by atoms with Crippen LogP contribution in [0.25, 0.3) is 16.1 Å². The van der Waals surface area contributed by atoms with Crippen molar-refractivity contribution in [2.45, 2.75) is 12.7 Å². The molecule has 0 atom stereocenters. The van der Waals surface area contributed by atoms with Crippen molar-refractivity contribution in [3.63, 3.8) is 0 Å². The first kappa shape index (κ1) is 11.3. The second-order valence-corrected chi connectivity index (χ2v) is 3.28. The number of alkyl halides is 3. The first-order valence-corrected chi connectivity index (χ1v) is 4.65. The van der Waals surface area contributed by atoms with Crippen molar-refractivity contribution in [1.82, 2.24) is 14.2 Å². The van der Waals surface area contributed by atoms with Gasteiger partial charge in [-0.15, -0.1) is 0 Å². The van der Waals surface area contributed by atoms with Crippen LogP contribution in [0.2, 0.25) is 0 Å². The van der Waals surface area contributed by atoms with Crippen molar-refractivity contribution in [3.8, 4) is 0 Å². The zero-order valence-corrected chi connectivity index (χ0v) is 8.46. The number of hydrogen-bond acceptors (Lipinski definition) is 2. The first-order valence-electron chi connectivity index (χ1n) is 4.65. The molecule has 0 fully saturated rings. The monoisotopic (exact) mass is 244 g/mol. The molecule has 0 unspecified atom stereocenters. The summed E-state index contributed by atoms with van der Waals surface area (Å²) in [6, 6.07) is 0.954. The molecule has 0 radical (unpaired) electrons. The lowest BCUT2D eigenvalue weighted by Gasteiger charge is -2.00. The van der Waals surface area contributed by atoms with Crippen molar-refractivity contribution in [1.29, 1.82) is 0 Å². The minimum atomic E-state index is -4.46. The highest BCUT2D eigenvalue weighted by Gasteiger charge is 2.34. The van der Waals surface area contributed by atoms with E-state index in [9.17, 15) is 13.2 Å². The average Bonchev–Trinajstić information content (AvgIpc) is 2.78. The van der Waals surface area contributed by atoms with E-state index < -0.39 is 11.9 Å². The summed E-state index contributed by atoms with van der Waals surface area (Å²) in [6.07, 6.45) is -1.46. The lowest BCUT2D eigenvalue weighted by Crippen LogP contribution is -2.05. The number of nitrogens with zero attached hydrogens (tertiary/aromatic N) is 6. The molecule has 17 heavy (non-hydrogen) atoms. The number of halogens is 3. The molecule has 6 nitrogen and oxygen atoms in total. The number of aromatic nitrogens is 3. The fourth-order valence-corrected chi connectivity index (χ4v) is 1.45. The molecule has 0 N–H and O–H groups in total. The molecule has 0 bridgehead atoms. The van der Waals surface area contributed by atoms with Gasteiger partial charge in [0, 0.05) is 36.5 Å². The Morgan fingerprint density at radius 2 is 2.18 bits per heavy atom. The Kier molecular flexibility index (Phi) is 2.68. The van der Waals surface area contributed by atoms with Crippen LogP contribution in [-0.4, -0.2) is 20.7 Å². The van der Waals surface area contributed by atoms with Crippen molar-refractivity contribution in [3.05, 3.63) is 34.6 Å². The Morgan fingerprint density at radius 1 is 1.41 bits per heavy atom. The summed E-state index contributed by atoms with van der Waals surface area (Å²) in [7, 11) is 0. The number of rotatable bonds is 3. The van der Waals surface area contributed by atoms with E-state index in [0.717, 1.165) is 10.6 Å². The molecule has 2 aromatic rings. The fraction of sp³-hybridized carbons (Fsp3) is 0.375. The van der Waals surface area contributed by atoms with E-state index >= 15 is 0 Å². The molecule has 0 saturated carbocycles. The van der Waals surface area contributed by atoms with E-state index in [-0.39, 0.29) is 6.54 Å². The van der Waals surface area contributed by atoms with Crippen LogP contribution < -0.4 is 0 Å². The topological polar surface area (TPSA) is 71.0 Å². The molecule has 90 valence electrons. The standard InChI is InChI=1S/C8H7F3N6/c9-8(10,11)6-5-7-16(2-1-13-15-12)3-4-17(7)14-6/h3-5H,1-2H2. The zero-order chi connectivity index (χ0) is 12.5. The highest BCUT2D eigenvalue weighted by molar-refractivity contribution is 5.41. The van der Waals surface area contributed by atoms with Crippen molar-refractivity contribution >= 4 is 5.65 Å². The molecular weight excluding hydrogens is 237 g/mol. The third-order valence-electron chi connectivity index (χ3n) is 2.19. The number of fused-ring (bicyclic) bond motifs is 1. The molecule has 0 aliphatic carbocycles. The summed E-state index contributed by atoms with van der Waals surface area (Å²) in [6.45, 7) is 0.483. The van der Waals surface area contributed by atoms with Gasteiger partial charge < -0.3 is 4.57 Å². The average molecular weight is 244 g/mol. The molecule has 0 aliphatic rings. The molecule has 0 aromatic carbocycles. The lowest BCUT2D eigenvalue weighted by atomic mass is 10.4. The number of hydrogen-bond donors (Lipinski definition) is 0. The molecule has 9 heteroatoms. The summed E-state index contributed by atoms with van der Waals surface area (Å²) >= 11 is 0. The third kappa shape index (κ3) is 2.18. The Labute approximate surface area is 92.9 Å². The van der Waals surface area contributed by atoms with Gasteiger partial charge in [0.15, 0.2) is 5.69 Å². The van der Waals surface area contributed by atoms with Gasteiger partial charge in [0.05, 0.1) is 0 Å². The van der Waals surface area contributed by atoms with Crippen LogP contribution in [0, 0.1) is 0 Å². The van der Waals surface area contributed by atoms with Crippen LogP contribution in [0.5, 0.6) is 0 Å². The number of imidazole rings is 1. The van der Waals surface area contributed by atoms with Gasteiger partial charge in [-0.25, -0.2) is 4.52 Å². The Balaban J connectivity index is 2.32. The molecule has 0 saturated heterocycles. The van der Waals surface area contributed by atoms with Crippen LogP contribution in [-0.2, 0) is 12.7 Å². The molecule has 2 heterocycles. The van der Waals surface area contributed by atoms with Crippen molar-refractivity contribution in [2.24, 2.45) is 5.11 Å².